The van der Waals surface area contributed by atoms with Gasteiger partial charge in [-0.05, 0) is 0 Å². The summed E-state index contributed by atoms with van der Waals surface area (Å²) in [5.41, 5.74) is 0. The topological polar surface area (TPSA) is 54.5 Å². The largest absolute Gasteiger partial charge is 0.343 e. The first-order valence-corrected chi connectivity index (χ1v) is 4.86. The second-order valence-corrected chi connectivity index (χ2v) is 4.60. The summed E-state index contributed by atoms with van der Waals surface area (Å²) in [4.78, 5) is 11.6. The molecular weight excluding hydrogens is 154 g/mol. The summed E-state index contributed by atoms with van der Waals surface area (Å²) in [5, 5.41) is 0. The SMILES string of the molecule is O=CN1CCS(=O)(=O)CC1. The normalized spacial score (nSPS) is 24.2. The molecule has 0 aromatic rings. The fourth-order valence-electron chi connectivity index (χ4n) is 0.832. The van der Waals surface area contributed by atoms with E-state index in [0.717, 1.165) is 0 Å². The first-order valence-electron chi connectivity index (χ1n) is 3.04. The van der Waals surface area contributed by atoms with Gasteiger partial charge in [-0.2, -0.15) is 0 Å². The molecule has 1 fully saturated rings. The van der Waals surface area contributed by atoms with Crippen LogP contribution in [-0.4, -0.2) is 44.3 Å². The van der Waals surface area contributed by atoms with Gasteiger partial charge in [0.1, 0.15) is 0 Å². The van der Waals surface area contributed by atoms with Gasteiger partial charge in [-0.1, -0.05) is 0 Å². The molecule has 10 heavy (non-hydrogen) atoms. The summed E-state index contributed by atoms with van der Waals surface area (Å²) in [6.07, 6.45) is 0.689. The molecule has 0 spiro atoms. The fraction of sp³-hybridized carbons (Fsp3) is 0.800. The van der Waals surface area contributed by atoms with Gasteiger partial charge < -0.3 is 4.90 Å². The Morgan fingerprint density at radius 3 is 2.10 bits per heavy atom. The third-order valence-electron chi connectivity index (χ3n) is 1.53. The lowest BCUT2D eigenvalue weighted by Crippen LogP contribution is -2.39. The van der Waals surface area contributed by atoms with Crippen LogP contribution >= 0.6 is 0 Å². The van der Waals surface area contributed by atoms with Gasteiger partial charge in [0.2, 0.25) is 6.41 Å². The predicted molar refractivity (Wildman–Crippen MR) is 36.3 cm³/mol. The first-order chi connectivity index (χ1) is 4.64. The van der Waals surface area contributed by atoms with E-state index in [2.05, 4.69) is 0 Å². The summed E-state index contributed by atoms with van der Waals surface area (Å²) in [6, 6.07) is 0. The van der Waals surface area contributed by atoms with Crippen LogP contribution < -0.4 is 0 Å². The maximum atomic E-state index is 10.8. The smallest absolute Gasteiger partial charge is 0.209 e. The van der Waals surface area contributed by atoms with Crippen LogP contribution in [0, 0.1) is 0 Å². The number of rotatable bonds is 1. The van der Waals surface area contributed by atoms with Crippen LogP contribution in [0.5, 0.6) is 0 Å². The highest BCUT2D eigenvalue weighted by atomic mass is 32.2. The number of nitrogens with zero attached hydrogens (tertiary/aromatic N) is 1. The van der Waals surface area contributed by atoms with Gasteiger partial charge in [0.05, 0.1) is 11.5 Å². The number of hydrogen-bond acceptors (Lipinski definition) is 3. The van der Waals surface area contributed by atoms with Crippen molar-refractivity contribution in [3.05, 3.63) is 0 Å². The zero-order chi connectivity index (χ0) is 7.61. The van der Waals surface area contributed by atoms with Crippen molar-refractivity contribution in [1.82, 2.24) is 4.90 Å². The van der Waals surface area contributed by atoms with Crippen LogP contribution in [0.4, 0.5) is 0 Å². The predicted octanol–water partition coefficient (Wildman–Crippen LogP) is -1.13. The number of carbonyl (C=O) groups excluding carboxylic acids is 1. The zero-order valence-electron chi connectivity index (χ0n) is 5.49. The molecule has 0 aromatic carbocycles. The Labute approximate surface area is 59.7 Å². The molecule has 0 N–H and O–H groups in total. The average molecular weight is 163 g/mol. The van der Waals surface area contributed by atoms with E-state index in [1.54, 1.807) is 0 Å². The molecule has 1 amide bonds. The Morgan fingerprint density at radius 1 is 1.20 bits per heavy atom. The van der Waals surface area contributed by atoms with Crippen molar-refractivity contribution in [2.45, 2.75) is 0 Å². The molecule has 0 atom stereocenters. The number of carbonyl (C=O) groups is 1. The van der Waals surface area contributed by atoms with Gasteiger partial charge in [0.15, 0.2) is 9.84 Å². The second kappa shape index (κ2) is 2.57. The molecule has 0 bridgehead atoms. The van der Waals surface area contributed by atoms with E-state index < -0.39 is 9.84 Å². The standard InChI is InChI=1S/C5H9NO3S/c7-5-6-1-3-10(8,9)4-2-6/h5H,1-4H2. The van der Waals surface area contributed by atoms with Gasteiger partial charge in [0.25, 0.3) is 0 Å². The molecule has 4 nitrogen and oxygen atoms in total. The van der Waals surface area contributed by atoms with Crippen molar-refractivity contribution in [3.8, 4) is 0 Å². The summed E-state index contributed by atoms with van der Waals surface area (Å²) >= 11 is 0. The highest BCUT2D eigenvalue weighted by Gasteiger charge is 2.19. The lowest BCUT2D eigenvalue weighted by molar-refractivity contribution is -0.117. The van der Waals surface area contributed by atoms with Crippen LogP contribution in [0.3, 0.4) is 0 Å². The number of hydrogen-bond donors (Lipinski definition) is 0. The maximum Gasteiger partial charge on any atom is 0.209 e. The highest BCUT2D eigenvalue weighted by Crippen LogP contribution is 2.00. The maximum absolute atomic E-state index is 10.8. The van der Waals surface area contributed by atoms with Crippen LogP contribution in [0.2, 0.25) is 0 Å². The van der Waals surface area contributed by atoms with Crippen molar-refractivity contribution < 1.29 is 13.2 Å². The Morgan fingerprint density at radius 2 is 1.70 bits per heavy atom. The van der Waals surface area contributed by atoms with Gasteiger partial charge >= 0.3 is 0 Å². The van der Waals surface area contributed by atoms with Crippen LogP contribution in [0.15, 0.2) is 0 Å². The van der Waals surface area contributed by atoms with E-state index in [0.29, 0.717) is 19.5 Å². The fourth-order valence-corrected chi connectivity index (χ4v) is 2.06. The van der Waals surface area contributed by atoms with Gasteiger partial charge in [-0.3, -0.25) is 4.79 Å². The van der Waals surface area contributed by atoms with E-state index in [-0.39, 0.29) is 11.5 Å². The van der Waals surface area contributed by atoms with Crippen molar-refractivity contribution >= 4 is 16.2 Å². The van der Waals surface area contributed by atoms with Gasteiger partial charge in [-0.15, -0.1) is 0 Å². The molecule has 0 saturated carbocycles. The lowest BCUT2D eigenvalue weighted by Gasteiger charge is -2.21. The Hall–Kier alpha value is -0.580. The zero-order valence-corrected chi connectivity index (χ0v) is 6.30. The minimum atomic E-state index is -2.83. The number of amides is 1. The van der Waals surface area contributed by atoms with E-state index in [4.69, 9.17) is 0 Å². The Balaban J connectivity index is 2.54. The third kappa shape index (κ3) is 1.70. The molecule has 1 rings (SSSR count). The first kappa shape index (κ1) is 7.53. The van der Waals surface area contributed by atoms with Crippen LogP contribution in [0.1, 0.15) is 0 Å². The molecule has 0 radical (unpaired) electrons. The Kier molecular flexibility index (Phi) is 1.94. The summed E-state index contributed by atoms with van der Waals surface area (Å²) in [7, 11) is -2.83. The summed E-state index contributed by atoms with van der Waals surface area (Å²) in [6.45, 7) is 0.706. The molecule has 58 valence electrons. The molecular formula is C5H9NO3S. The van der Waals surface area contributed by atoms with Gasteiger partial charge in [0, 0.05) is 13.1 Å². The van der Waals surface area contributed by atoms with Gasteiger partial charge in [-0.25, -0.2) is 8.42 Å². The van der Waals surface area contributed by atoms with E-state index in [1.807, 2.05) is 0 Å². The molecule has 0 unspecified atom stereocenters. The monoisotopic (exact) mass is 163 g/mol. The van der Waals surface area contributed by atoms with E-state index in [1.165, 1.54) is 4.90 Å². The molecule has 1 aliphatic heterocycles. The van der Waals surface area contributed by atoms with Crippen molar-refractivity contribution in [2.75, 3.05) is 24.6 Å². The summed E-state index contributed by atoms with van der Waals surface area (Å²) < 4.78 is 21.5. The molecule has 0 aliphatic carbocycles. The van der Waals surface area contributed by atoms with E-state index >= 15 is 0 Å². The van der Waals surface area contributed by atoms with Crippen LogP contribution in [0.25, 0.3) is 0 Å². The second-order valence-electron chi connectivity index (χ2n) is 2.29. The summed E-state index contributed by atoms with van der Waals surface area (Å²) in [5.74, 6) is 0.234. The van der Waals surface area contributed by atoms with Crippen molar-refractivity contribution in [3.63, 3.8) is 0 Å². The number of sulfone groups is 1. The molecule has 1 heterocycles. The minimum absolute atomic E-state index is 0.117. The minimum Gasteiger partial charge on any atom is -0.343 e. The van der Waals surface area contributed by atoms with Crippen molar-refractivity contribution in [1.29, 1.82) is 0 Å². The Bertz CT molecular complexity index is 207. The molecule has 0 aromatic heterocycles. The third-order valence-corrected chi connectivity index (χ3v) is 3.14. The lowest BCUT2D eigenvalue weighted by atomic mass is 10.5. The van der Waals surface area contributed by atoms with Crippen LogP contribution in [-0.2, 0) is 14.6 Å². The molecule has 1 aliphatic rings. The highest BCUT2D eigenvalue weighted by molar-refractivity contribution is 7.91. The quantitative estimate of drug-likeness (QED) is 0.460. The molecule has 1 saturated heterocycles. The molecule has 5 heteroatoms. The van der Waals surface area contributed by atoms with E-state index in [9.17, 15) is 13.2 Å². The van der Waals surface area contributed by atoms with Crippen molar-refractivity contribution in [2.24, 2.45) is 0 Å². The average Bonchev–Trinajstić information content (AvgIpc) is 1.88.